The molecule has 1 aliphatic rings. The first kappa shape index (κ1) is 18.7. The van der Waals surface area contributed by atoms with Gasteiger partial charge in [0.15, 0.2) is 0 Å². The van der Waals surface area contributed by atoms with Crippen LogP contribution in [0.1, 0.15) is 34.6 Å². The third-order valence-corrected chi connectivity index (χ3v) is 5.57. The van der Waals surface area contributed by atoms with Crippen molar-refractivity contribution in [3.05, 3.63) is 50.7 Å². The van der Waals surface area contributed by atoms with Gasteiger partial charge in [-0.3, -0.25) is 4.79 Å². The van der Waals surface area contributed by atoms with Crippen LogP contribution in [0.3, 0.4) is 0 Å². The van der Waals surface area contributed by atoms with E-state index >= 15 is 0 Å². The number of thiophene rings is 1. The molecule has 5 nitrogen and oxygen atoms in total. The lowest BCUT2D eigenvalue weighted by atomic mass is 10.1. The average Bonchev–Trinajstić information content (AvgIpc) is 3.07. The molecule has 2 heterocycles. The number of urea groups is 1. The third kappa shape index (κ3) is 4.37. The molecule has 0 aliphatic carbocycles. The first-order chi connectivity index (χ1) is 12.4. The molecule has 1 aromatic carbocycles. The Hall–Kier alpha value is -2.05. The maximum atomic E-state index is 12.5. The Kier molecular flexibility index (Phi) is 5.84. The van der Waals surface area contributed by atoms with Crippen LogP contribution in [0, 0.1) is 5.92 Å². The lowest BCUT2D eigenvalue weighted by Gasteiger charge is -2.27. The summed E-state index contributed by atoms with van der Waals surface area (Å²) >= 11 is 7.98. The highest BCUT2D eigenvalue weighted by atomic mass is 35.5. The van der Waals surface area contributed by atoms with Gasteiger partial charge in [0, 0.05) is 30.2 Å². The number of fused-ring (bicyclic) bond motifs is 1. The van der Waals surface area contributed by atoms with E-state index < -0.39 is 0 Å². The third-order valence-electron chi connectivity index (χ3n) is 4.23. The summed E-state index contributed by atoms with van der Waals surface area (Å²) in [4.78, 5) is 27.8. The number of carbonyl (C=O) groups is 2. The minimum Gasteiger partial charge on any atom is -0.352 e. The van der Waals surface area contributed by atoms with Gasteiger partial charge in [-0.15, -0.1) is 11.3 Å². The number of anilines is 1. The van der Waals surface area contributed by atoms with Crippen molar-refractivity contribution in [2.24, 2.45) is 5.92 Å². The summed E-state index contributed by atoms with van der Waals surface area (Å²) in [5.41, 5.74) is 2.20. The number of rotatable bonds is 4. The molecule has 0 saturated heterocycles. The fraction of sp³-hybridized carbons (Fsp3) is 0.368. The topological polar surface area (TPSA) is 61.4 Å². The van der Waals surface area contributed by atoms with Gasteiger partial charge < -0.3 is 15.5 Å². The summed E-state index contributed by atoms with van der Waals surface area (Å²) in [6.07, 6.45) is 0.885. The second-order valence-electron chi connectivity index (χ2n) is 6.77. The van der Waals surface area contributed by atoms with Gasteiger partial charge in [-0.1, -0.05) is 25.4 Å². The Morgan fingerprint density at radius 2 is 2.12 bits per heavy atom. The van der Waals surface area contributed by atoms with Crippen molar-refractivity contribution in [2.45, 2.75) is 26.8 Å². The highest BCUT2D eigenvalue weighted by molar-refractivity contribution is 7.10. The van der Waals surface area contributed by atoms with Crippen molar-refractivity contribution in [3.63, 3.8) is 0 Å². The summed E-state index contributed by atoms with van der Waals surface area (Å²) in [7, 11) is 0. The smallest absolute Gasteiger partial charge is 0.322 e. The highest BCUT2D eigenvalue weighted by Gasteiger charge is 2.21. The molecule has 7 heteroatoms. The molecule has 1 aliphatic heterocycles. The minimum atomic E-state index is -0.206. The van der Waals surface area contributed by atoms with Crippen LogP contribution >= 0.6 is 22.9 Å². The number of benzene rings is 1. The summed E-state index contributed by atoms with van der Waals surface area (Å²) in [5, 5.41) is 8.09. The van der Waals surface area contributed by atoms with Crippen LogP contribution in [0.25, 0.3) is 0 Å². The Labute approximate surface area is 162 Å². The molecule has 2 N–H and O–H groups in total. The monoisotopic (exact) mass is 391 g/mol. The standard InChI is InChI=1S/C19H22ClN3O2S/c1-12(2)10-21-18(24)15-4-3-14(9-16(15)20)22-19(25)23-7-5-17-13(11-23)6-8-26-17/h3-4,6,8-9,12H,5,7,10-11H2,1-2H3,(H,21,24)(H,22,25). The largest absolute Gasteiger partial charge is 0.352 e. The van der Waals surface area contributed by atoms with Crippen LogP contribution in [-0.4, -0.2) is 29.9 Å². The molecule has 0 radical (unpaired) electrons. The zero-order valence-electron chi connectivity index (χ0n) is 14.8. The molecular formula is C19H22ClN3O2S. The second-order valence-corrected chi connectivity index (χ2v) is 8.18. The Morgan fingerprint density at radius 3 is 2.85 bits per heavy atom. The molecule has 138 valence electrons. The van der Waals surface area contributed by atoms with E-state index in [1.165, 1.54) is 10.4 Å². The second kappa shape index (κ2) is 8.10. The van der Waals surface area contributed by atoms with Crippen LogP contribution in [0.5, 0.6) is 0 Å². The fourth-order valence-corrected chi connectivity index (χ4v) is 3.95. The Bertz CT molecular complexity index is 819. The maximum absolute atomic E-state index is 12.5. The van der Waals surface area contributed by atoms with Crippen LogP contribution in [-0.2, 0) is 13.0 Å². The zero-order chi connectivity index (χ0) is 18.7. The van der Waals surface area contributed by atoms with Gasteiger partial charge in [-0.2, -0.15) is 0 Å². The average molecular weight is 392 g/mol. The number of carbonyl (C=O) groups excluding carboxylic acids is 2. The highest BCUT2D eigenvalue weighted by Crippen LogP contribution is 2.25. The van der Waals surface area contributed by atoms with Gasteiger partial charge in [0.05, 0.1) is 10.6 Å². The molecule has 3 rings (SSSR count). The summed E-state index contributed by atoms with van der Waals surface area (Å²) in [6.45, 7) is 5.96. The molecule has 0 spiro atoms. The van der Waals surface area contributed by atoms with Crippen molar-refractivity contribution in [2.75, 3.05) is 18.4 Å². The Balaban J connectivity index is 1.62. The van der Waals surface area contributed by atoms with Crippen LogP contribution in [0.15, 0.2) is 29.6 Å². The molecule has 1 aromatic heterocycles. The van der Waals surface area contributed by atoms with Gasteiger partial charge in [0.2, 0.25) is 0 Å². The van der Waals surface area contributed by atoms with Gasteiger partial charge >= 0.3 is 6.03 Å². The fourth-order valence-electron chi connectivity index (χ4n) is 2.79. The van der Waals surface area contributed by atoms with E-state index in [1.807, 2.05) is 13.8 Å². The molecule has 0 unspecified atom stereocenters. The van der Waals surface area contributed by atoms with E-state index in [0.29, 0.717) is 41.8 Å². The Morgan fingerprint density at radius 1 is 1.31 bits per heavy atom. The van der Waals surface area contributed by atoms with Gasteiger partial charge in [0.1, 0.15) is 0 Å². The number of amides is 3. The molecule has 0 bridgehead atoms. The van der Waals surface area contributed by atoms with E-state index in [-0.39, 0.29) is 11.9 Å². The SMILES string of the molecule is CC(C)CNC(=O)c1ccc(NC(=O)N2CCc3sccc3C2)cc1Cl. The van der Waals surface area contributed by atoms with Gasteiger partial charge in [-0.05, 0) is 47.5 Å². The van der Waals surface area contributed by atoms with E-state index in [4.69, 9.17) is 11.6 Å². The van der Waals surface area contributed by atoms with Crippen LogP contribution in [0.2, 0.25) is 5.02 Å². The molecule has 0 fully saturated rings. The molecule has 0 atom stereocenters. The summed E-state index contributed by atoms with van der Waals surface area (Å²) in [6, 6.07) is 6.87. The quantitative estimate of drug-likeness (QED) is 0.812. The number of hydrogen-bond donors (Lipinski definition) is 2. The van der Waals surface area contributed by atoms with Crippen molar-refractivity contribution in [1.29, 1.82) is 0 Å². The first-order valence-electron chi connectivity index (χ1n) is 8.63. The molecular weight excluding hydrogens is 370 g/mol. The minimum absolute atomic E-state index is 0.157. The van der Waals surface area contributed by atoms with Crippen LogP contribution < -0.4 is 10.6 Å². The number of halogens is 1. The molecule has 26 heavy (non-hydrogen) atoms. The number of nitrogens with one attached hydrogen (secondary N) is 2. The first-order valence-corrected chi connectivity index (χ1v) is 9.88. The lowest BCUT2D eigenvalue weighted by molar-refractivity contribution is 0.0949. The predicted octanol–water partition coefficient (Wildman–Crippen LogP) is 4.38. The van der Waals surface area contributed by atoms with Crippen LogP contribution in [0.4, 0.5) is 10.5 Å². The normalized spacial score (nSPS) is 13.5. The molecule has 0 saturated carbocycles. The molecule has 2 aromatic rings. The van der Waals surface area contributed by atoms with E-state index in [1.54, 1.807) is 34.4 Å². The number of nitrogens with zero attached hydrogens (tertiary/aromatic N) is 1. The van der Waals surface area contributed by atoms with Gasteiger partial charge in [-0.25, -0.2) is 4.79 Å². The van der Waals surface area contributed by atoms with Crippen molar-refractivity contribution in [3.8, 4) is 0 Å². The van der Waals surface area contributed by atoms with Crippen molar-refractivity contribution in [1.82, 2.24) is 10.2 Å². The number of hydrogen-bond acceptors (Lipinski definition) is 3. The lowest BCUT2D eigenvalue weighted by Crippen LogP contribution is -2.38. The van der Waals surface area contributed by atoms with E-state index in [0.717, 1.165) is 6.42 Å². The van der Waals surface area contributed by atoms with Gasteiger partial charge in [0.25, 0.3) is 5.91 Å². The summed E-state index contributed by atoms with van der Waals surface area (Å²) < 4.78 is 0. The van der Waals surface area contributed by atoms with E-state index in [2.05, 4.69) is 22.1 Å². The summed E-state index contributed by atoms with van der Waals surface area (Å²) in [5.74, 6) is 0.159. The predicted molar refractivity (Wildman–Crippen MR) is 106 cm³/mol. The van der Waals surface area contributed by atoms with Crippen molar-refractivity contribution < 1.29 is 9.59 Å². The maximum Gasteiger partial charge on any atom is 0.322 e. The molecule has 3 amide bonds. The zero-order valence-corrected chi connectivity index (χ0v) is 16.4. The van der Waals surface area contributed by atoms with Crippen molar-refractivity contribution >= 4 is 40.6 Å². The van der Waals surface area contributed by atoms with E-state index in [9.17, 15) is 9.59 Å².